The van der Waals surface area contributed by atoms with Crippen molar-refractivity contribution in [2.24, 2.45) is 0 Å². The molecule has 2 rings (SSSR count). The number of carbonyl (C=O) groups excluding carboxylic acids is 1. The van der Waals surface area contributed by atoms with Gasteiger partial charge in [0.2, 0.25) is 0 Å². The van der Waals surface area contributed by atoms with Gasteiger partial charge in [0.05, 0.1) is 6.07 Å². The summed E-state index contributed by atoms with van der Waals surface area (Å²) in [6.07, 6.45) is 0. The van der Waals surface area contributed by atoms with Gasteiger partial charge in [-0.1, -0.05) is 18.2 Å². The second kappa shape index (κ2) is 4.92. The Hall–Kier alpha value is -2.28. The van der Waals surface area contributed by atoms with Crippen LogP contribution in [0.4, 0.5) is 0 Å². The van der Waals surface area contributed by atoms with Crippen molar-refractivity contribution in [1.29, 1.82) is 5.26 Å². The van der Waals surface area contributed by atoms with Gasteiger partial charge < -0.3 is 9.32 Å². The maximum atomic E-state index is 12.2. The quantitative estimate of drug-likeness (QED) is 0.777. The molecule has 4 heteroatoms. The van der Waals surface area contributed by atoms with Crippen LogP contribution < -0.4 is 0 Å². The molecule has 0 atom stereocenters. The summed E-state index contributed by atoms with van der Waals surface area (Å²) in [5, 5.41) is 9.64. The molecule has 0 fully saturated rings. The van der Waals surface area contributed by atoms with Gasteiger partial charge >= 0.3 is 0 Å². The van der Waals surface area contributed by atoms with E-state index >= 15 is 0 Å². The Balaban J connectivity index is 2.35. The first kappa shape index (κ1) is 12.2. The Morgan fingerprint density at radius 2 is 2.17 bits per heavy atom. The van der Waals surface area contributed by atoms with Gasteiger partial charge in [-0.3, -0.25) is 4.79 Å². The fourth-order valence-electron chi connectivity index (χ4n) is 1.79. The van der Waals surface area contributed by atoms with Crippen LogP contribution >= 0.6 is 0 Å². The first-order valence-corrected chi connectivity index (χ1v) is 5.80. The molecule has 0 bridgehead atoms. The number of furan rings is 1. The number of carbonyl (C=O) groups is 1. The first-order chi connectivity index (χ1) is 8.63. The minimum atomic E-state index is -0.247. The summed E-state index contributed by atoms with van der Waals surface area (Å²) in [6, 6.07) is 11.1. The predicted octanol–water partition coefficient (Wildman–Crippen LogP) is 2.81. The van der Waals surface area contributed by atoms with E-state index < -0.39 is 0 Å². The average Bonchev–Trinajstić information content (AvgIpc) is 2.78. The molecule has 0 unspecified atom stereocenters. The number of fused-ring (bicyclic) bond motifs is 1. The second-order valence-electron chi connectivity index (χ2n) is 4.33. The monoisotopic (exact) mass is 242 g/mol. The molecule has 0 N–H and O–H groups in total. The van der Waals surface area contributed by atoms with E-state index in [1.165, 1.54) is 4.90 Å². The van der Waals surface area contributed by atoms with Gasteiger partial charge in [-0.2, -0.15) is 5.26 Å². The van der Waals surface area contributed by atoms with Crippen LogP contribution in [0.5, 0.6) is 0 Å². The van der Waals surface area contributed by atoms with Gasteiger partial charge in [0.25, 0.3) is 5.91 Å². The highest BCUT2D eigenvalue weighted by atomic mass is 16.3. The lowest BCUT2D eigenvalue weighted by atomic mass is 10.2. The zero-order valence-electron chi connectivity index (χ0n) is 10.4. The van der Waals surface area contributed by atoms with E-state index in [9.17, 15) is 4.79 Å². The summed E-state index contributed by atoms with van der Waals surface area (Å²) < 4.78 is 5.51. The van der Waals surface area contributed by atoms with Crippen molar-refractivity contribution < 1.29 is 9.21 Å². The number of para-hydroxylation sites is 1. The van der Waals surface area contributed by atoms with Crippen LogP contribution in [-0.2, 0) is 0 Å². The lowest BCUT2D eigenvalue weighted by Crippen LogP contribution is -2.37. The normalized spacial score (nSPS) is 10.6. The molecule has 0 spiro atoms. The van der Waals surface area contributed by atoms with Crippen molar-refractivity contribution in [1.82, 2.24) is 4.90 Å². The standard InChI is InChI=1S/C14H14N2O2/c1-10(2)16(8-7-15)14(17)13-9-11-5-3-4-6-12(11)18-13/h3-6,9-10H,8H2,1-2H3. The molecule has 1 amide bonds. The third-order valence-electron chi connectivity index (χ3n) is 2.76. The fourth-order valence-corrected chi connectivity index (χ4v) is 1.79. The van der Waals surface area contributed by atoms with Crippen LogP contribution in [0.2, 0.25) is 0 Å². The highest BCUT2D eigenvalue weighted by molar-refractivity contribution is 5.96. The van der Waals surface area contributed by atoms with Crippen LogP contribution in [0.25, 0.3) is 11.0 Å². The minimum absolute atomic E-state index is 0.0367. The predicted molar refractivity (Wildman–Crippen MR) is 68.0 cm³/mol. The average molecular weight is 242 g/mol. The van der Waals surface area contributed by atoms with Gasteiger partial charge in [-0.05, 0) is 26.0 Å². The van der Waals surface area contributed by atoms with Crippen molar-refractivity contribution in [2.45, 2.75) is 19.9 Å². The van der Waals surface area contributed by atoms with E-state index in [1.807, 2.05) is 44.2 Å². The van der Waals surface area contributed by atoms with Crippen LogP contribution in [0, 0.1) is 11.3 Å². The van der Waals surface area contributed by atoms with Gasteiger partial charge in [0.15, 0.2) is 5.76 Å². The summed E-state index contributed by atoms with van der Waals surface area (Å²) in [5.41, 5.74) is 0.682. The third-order valence-corrected chi connectivity index (χ3v) is 2.76. The molecule has 4 nitrogen and oxygen atoms in total. The zero-order chi connectivity index (χ0) is 13.1. The third kappa shape index (κ3) is 2.21. The van der Waals surface area contributed by atoms with E-state index in [0.29, 0.717) is 5.58 Å². The first-order valence-electron chi connectivity index (χ1n) is 5.80. The number of rotatable bonds is 3. The highest BCUT2D eigenvalue weighted by Crippen LogP contribution is 2.20. The summed E-state index contributed by atoms with van der Waals surface area (Å²) in [7, 11) is 0. The van der Waals surface area contributed by atoms with E-state index in [0.717, 1.165) is 5.39 Å². The Morgan fingerprint density at radius 1 is 1.44 bits per heavy atom. The largest absolute Gasteiger partial charge is 0.451 e. The number of amides is 1. The summed E-state index contributed by atoms with van der Waals surface area (Å²) in [4.78, 5) is 13.7. The number of nitriles is 1. The molecule has 0 aliphatic carbocycles. The lowest BCUT2D eigenvalue weighted by molar-refractivity contribution is 0.0701. The van der Waals surface area contributed by atoms with E-state index in [4.69, 9.17) is 9.68 Å². The van der Waals surface area contributed by atoms with E-state index in [-0.39, 0.29) is 24.3 Å². The summed E-state index contributed by atoms with van der Waals surface area (Å²) in [5.74, 6) is 0.0305. The molecule has 1 aromatic carbocycles. The number of benzene rings is 1. The van der Waals surface area contributed by atoms with E-state index in [2.05, 4.69) is 0 Å². The molecule has 0 aliphatic heterocycles. The highest BCUT2D eigenvalue weighted by Gasteiger charge is 2.21. The molecular formula is C14H14N2O2. The topological polar surface area (TPSA) is 57.2 Å². The van der Waals surface area contributed by atoms with E-state index in [1.54, 1.807) is 6.07 Å². The maximum Gasteiger partial charge on any atom is 0.290 e. The Labute approximate surface area is 105 Å². The molecule has 0 aliphatic rings. The number of nitrogens with zero attached hydrogens (tertiary/aromatic N) is 2. The van der Waals surface area contributed by atoms with Crippen LogP contribution in [0.3, 0.4) is 0 Å². The second-order valence-corrected chi connectivity index (χ2v) is 4.33. The minimum Gasteiger partial charge on any atom is -0.451 e. The molecule has 0 saturated carbocycles. The van der Waals surface area contributed by atoms with Gasteiger partial charge in [0, 0.05) is 11.4 Å². The maximum absolute atomic E-state index is 12.2. The molecule has 92 valence electrons. The van der Waals surface area contributed by atoms with Crippen molar-refractivity contribution in [3.05, 3.63) is 36.1 Å². The van der Waals surface area contributed by atoms with Crippen LogP contribution in [-0.4, -0.2) is 23.4 Å². The molecule has 2 aromatic rings. The van der Waals surface area contributed by atoms with Gasteiger partial charge in [-0.15, -0.1) is 0 Å². The van der Waals surface area contributed by atoms with Crippen LogP contribution in [0.1, 0.15) is 24.4 Å². The lowest BCUT2D eigenvalue weighted by Gasteiger charge is -2.22. The number of hydrogen-bond acceptors (Lipinski definition) is 3. The molecule has 1 aromatic heterocycles. The van der Waals surface area contributed by atoms with Crippen LogP contribution in [0.15, 0.2) is 34.7 Å². The zero-order valence-corrected chi connectivity index (χ0v) is 10.4. The molecule has 0 saturated heterocycles. The Kier molecular flexibility index (Phi) is 3.33. The van der Waals surface area contributed by atoms with Crippen molar-refractivity contribution >= 4 is 16.9 Å². The number of hydrogen-bond donors (Lipinski definition) is 0. The smallest absolute Gasteiger partial charge is 0.290 e. The Morgan fingerprint density at radius 3 is 2.78 bits per heavy atom. The fraction of sp³-hybridized carbons (Fsp3) is 0.286. The summed E-state index contributed by atoms with van der Waals surface area (Å²) >= 11 is 0. The molecule has 1 heterocycles. The molecule has 18 heavy (non-hydrogen) atoms. The van der Waals surface area contributed by atoms with Crippen molar-refractivity contribution in [2.75, 3.05) is 6.54 Å². The van der Waals surface area contributed by atoms with Crippen molar-refractivity contribution in [3.8, 4) is 6.07 Å². The Bertz CT molecular complexity index is 575. The molecular weight excluding hydrogens is 228 g/mol. The molecule has 0 radical (unpaired) electrons. The van der Waals surface area contributed by atoms with Gasteiger partial charge in [-0.25, -0.2) is 0 Å². The SMILES string of the molecule is CC(C)N(CC#N)C(=O)c1cc2ccccc2o1. The summed E-state index contributed by atoms with van der Waals surface area (Å²) in [6.45, 7) is 3.81. The van der Waals surface area contributed by atoms with Crippen molar-refractivity contribution in [3.63, 3.8) is 0 Å². The van der Waals surface area contributed by atoms with Gasteiger partial charge in [0.1, 0.15) is 12.1 Å².